The summed E-state index contributed by atoms with van der Waals surface area (Å²) >= 11 is 5.84. The fourth-order valence-electron chi connectivity index (χ4n) is 2.39. The number of halogens is 1. The normalized spacial score (nSPS) is 10.3. The van der Waals surface area contributed by atoms with E-state index >= 15 is 0 Å². The van der Waals surface area contributed by atoms with Gasteiger partial charge in [-0.3, -0.25) is 4.79 Å². The molecule has 0 atom stereocenters. The molecule has 0 heterocycles. The quantitative estimate of drug-likeness (QED) is 0.478. The number of esters is 1. The van der Waals surface area contributed by atoms with Gasteiger partial charge in [-0.1, -0.05) is 72.3 Å². The molecule has 25 heavy (non-hydrogen) atoms. The van der Waals surface area contributed by atoms with Gasteiger partial charge in [-0.15, -0.1) is 0 Å². The first kappa shape index (κ1) is 16.9. The van der Waals surface area contributed by atoms with Gasteiger partial charge in [0.1, 0.15) is 0 Å². The van der Waals surface area contributed by atoms with Crippen LogP contribution >= 0.6 is 11.6 Å². The average molecular weight is 351 g/mol. The molecule has 0 aliphatic heterocycles. The van der Waals surface area contributed by atoms with E-state index < -0.39 is 5.97 Å². The summed E-state index contributed by atoms with van der Waals surface area (Å²) in [6, 6.07) is 23.5. The molecule has 0 saturated carbocycles. The maximum Gasteiger partial charge on any atom is 0.338 e. The van der Waals surface area contributed by atoms with Crippen molar-refractivity contribution in [2.45, 2.75) is 0 Å². The SMILES string of the molecule is O=C(COC(=O)c1cccc(Cl)c1)c1ccc(-c2ccccc2)cc1. The first-order chi connectivity index (χ1) is 12.1. The summed E-state index contributed by atoms with van der Waals surface area (Å²) in [7, 11) is 0. The number of Topliss-reactive ketones (excluding diaryl/α,β-unsaturated/α-hetero) is 1. The summed E-state index contributed by atoms with van der Waals surface area (Å²) in [5.41, 5.74) is 2.92. The topological polar surface area (TPSA) is 43.4 Å². The Bertz CT molecular complexity index is 887. The molecule has 0 fully saturated rings. The van der Waals surface area contributed by atoms with Crippen LogP contribution in [0.5, 0.6) is 0 Å². The van der Waals surface area contributed by atoms with Crippen molar-refractivity contribution < 1.29 is 14.3 Å². The predicted molar refractivity (Wildman–Crippen MR) is 97.9 cm³/mol. The number of carbonyl (C=O) groups is 2. The average Bonchev–Trinajstić information content (AvgIpc) is 2.66. The van der Waals surface area contributed by atoms with Gasteiger partial charge in [0.25, 0.3) is 0 Å². The summed E-state index contributed by atoms with van der Waals surface area (Å²) in [6.45, 7) is -0.309. The van der Waals surface area contributed by atoms with Crippen LogP contribution in [-0.2, 0) is 4.74 Å². The fraction of sp³-hybridized carbons (Fsp3) is 0.0476. The van der Waals surface area contributed by atoms with E-state index in [0.717, 1.165) is 11.1 Å². The van der Waals surface area contributed by atoms with Crippen LogP contribution in [0.2, 0.25) is 5.02 Å². The highest BCUT2D eigenvalue weighted by atomic mass is 35.5. The molecule has 0 spiro atoms. The molecule has 4 heteroatoms. The molecule has 3 rings (SSSR count). The molecule has 3 aromatic rings. The molecule has 0 aromatic heterocycles. The van der Waals surface area contributed by atoms with Gasteiger partial charge in [0.2, 0.25) is 0 Å². The van der Waals surface area contributed by atoms with Crippen molar-refractivity contribution in [1.29, 1.82) is 0 Å². The minimum atomic E-state index is -0.572. The van der Waals surface area contributed by atoms with Gasteiger partial charge in [-0.05, 0) is 29.3 Å². The molecule has 0 saturated heterocycles. The number of benzene rings is 3. The summed E-state index contributed by atoms with van der Waals surface area (Å²) in [6.07, 6.45) is 0. The Morgan fingerprint density at radius 3 is 2.12 bits per heavy atom. The zero-order valence-electron chi connectivity index (χ0n) is 13.3. The summed E-state index contributed by atoms with van der Waals surface area (Å²) in [4.78, 5) is 24.1. The molecule has 0 aliphatic carbocycles. The Morgan fingerprint density at radius 1 is 0.760 bits per heavy atom. The van der Waals surface area contributed by atoms with Gasteiger partial charge in [-0.2, -0.15) is 0 Å². The van der Waals surface area contributed by atoms with E-state index in [1.54, 1.807) is 30.3 Å². The van der Waals surface area contributed by atoms with Crippen molar-refractivity contribution in [2.24, 2.45) is 0 Å². The second-order valence-electron chi connectivity index (χ2n) is 5.45. The molecule has 0 amide bonds. The van der Waals surface area contributed by atoms with Crippen LogP contribution in [0.4, 0.5) is 0 Å². The van der Waals surface area contributed by atoms with E-state index in [-0.39, 0.29) is 12.4 Å². The van der Waals surface area contributed by atoms with E-state index in [1.807, 2.05) is 42.5 Å². The van der Waals surface area contributed by atoms with E-state index in [2.05, 4.69) is 0 Å². The van der Waals surface area contributed by atoms with Crippen molar-refractivity contribution in [3.05, 3.63) is 95.0 Å². The highest BCUT2D eigenvalue weighted by molar-refractivity contribution is 6.30. The first-order valence-electron chi connectivity index (χ1n) is 7.75. The maximum atomic E-state index is 12.2. The lowest BCUT2D eigenvalue weighted by atomic mass is 10.0. The minimum Gasteiger partial charge on any atom is -0.454 e. The van der Waals surface area contributed by atoms with Crippen LogP contribution in [0.1, 0.15) is 20.7 Å². The zero-order chi connectivity index (χ0) is 17.6. The number of hydrogen-bond acceptors (Lipinski definition) is 3. The number of carbonyl (C=O) groups excluding carboxylic acids is 2. The van der Waals surface area contributed by atoms with Gasteiger partial charge in [-0.25, -0.2) is 4.79 Å². The summed E-state index contributed by atoms with van der Waals surface area (Å²) in [5, 5.41) is 0.442. The minimum absolute atomic E-state index is 0.255. The lowest BCUT2D eigenvalue weighted by Gasteiger charge is -2.06. The monoisotopic (exact) mass is 350 g/mol. The van der Waals surface area contributed by atoms with Crippen LogP contribution in [0.25, 0.3) is 11.1 Å². The molecule has 0 radical (unpaired) electrons. The highest BCUT2D eigenvalue weighted by Crippen LogP contribution is 2.19. The second-order valence-corrected chi connectivity index (χ2v) is 5.89. The standard InChI is InChI=1S/C21H15ClO3/c22-19-8-4-7-18(13-19)21(24)25-14-20(23)17-11-9-16(10-12-17)15-5-2-1-3-6-15/h1-13H,14H2. The molecule has 0 bridgehead atoms. The van der Waals surface area contributed by atoms with Crippen LogP contribution < -0.4 is 0 Å². The summed E-state index contributed by atoms with van der Waals surface area (Å²) < 4.78 is 5.07. The molecule has 0 unspecified atom stereocenters. The van der Waals surface area contributed by atoms with Crippen molar-refractivity contribution in [1.82, 2.24) is 0 Å². The van der Waals surface area contributed by atoms with E-state index in [4.69, 9.17) is 16.3 Å². The maximum absolute atomic E-state index is 12.2. The lowest BCUT2D eigenvalue weighted by Crippen LogP contribution is -2.14. The smallest absolute Gasteiger partial charge is 0.338 e. The van der Waals surface area contributed by atoms with Crippen LogP contribution in [0.3, 0.4) is 0 Å². The predicted octanol–water partition coefficient (Wildman–Crippen LogP) is 5.05. The van der Waals surface area contributed by atoms with E-state index in [0.29, 0.717) is 16.1 Å². The molecular formula is C21H15ClO3. The van der Waals surface area contributed by atoms with Crippen LogP contribution in [0, 0.1) is 0 Å². The van der Waals surface area contributed by atoms with Gasteiger partial charge in [0.05, 0.1) is 5.56 Å². The third-order valence-corrected chi connectivity index (χ3v) is 3.94. The lowest BCUT2D eigenvalue weighted by molar-refractivity contribution is 0.0475. The Morgan fingerprint density at radius 2 is 1.44 bits per heavy atom. The number of hydrogen-bond donors (Lipinski definition) is 0. The molecule has 3 nitrogen and oxygen atoms in total. The molecule has 124 valence electrons. The third-order valence-electron chi connectivity index (χ3n) is 3.71. The molecule has 0 N–H and O–H groups in total. The number of ether oxygens (including phenoxy) is 1. The second kappa shape index (κ2) is 7.77. The van der Waals surface area contributed by atoms with Gasteiger partial charge < -0.3 is 4.74 Å². The van der Waals surface area contributed by atoms with Crippen molar-refractivity contribution in [3.8, 4) is 11.1 Å². The molecule has 3 aromatic carbocycles. The van der Waals surface area contributed by atoms with Crippen LogP contribution in [0.15, 0.2) is 78.9 Å². The summed E-state index contributed by atoms with van der Waals surface area (Å²) in [5.74, 6) is -0.827. The largest absolute Gasteiger partial charge is 0.454 e. The van der Waals surface area contributed by atoms with Gasteiger partial charge in [0.15, 0.2) is 12.4 Å². The number of rotatable bonds is 5. The van der Waals surface area contributed by atoms with Crippen molar-refractivity contribution in [3.63, 3.8) is 0 Å². The Labute approximate surface area is 150 Å². The Balaban J connectivity index is 1.63. The van der Waals surface area contributed by atoms with E-state index in [9.17, 15) is 9.59 Å². The van der Waals surface area contributed by atoms with E-state index in [1.165, 1.54) is 6.07 Å². The third kappa shape index (κ3) is 4.34. The fourth-order valence-corrected chi connectivity index (χ4v) is 2.58. The van der Waals surface area contributed by atoms with Crippen LogP contribution in [-0.4, -0.2) is 18.4 Å². The van der Waals surface area contributed by atoms with Crippen molar-refractivity contribution in [2.75, 3.05) is 6.61 Å². The molecular weight excluding hydrogens is 336 g/mol. The number of ketones is 1. The zero-order valence-corrected chi connectivity index (χ0v) is 14.1. The van der Waals surface area contributed by atoms with Gasteiger partial charge in [0, 0.05) is 10.6 Å². The van der Waals surface area contributed by atoms with Gasteiger partial charge >= 0.3 is 5.97 Å². The first-order valence-corrected chi connectivity index (χ1v) is 8.12. The van der Waals surface area contributed by atoms with Crippen molar-refractivity contribution >= 4 is 23.4 Å². The highest BCUT2D eigenvalue weighted by Gasteiger charge is 2.12. The molecule has 0 aliphatic rings. The Hall–Kier alpha value is -2.91. The Kier molecular flexibility index (Phi) is 5.26.